The highest BCUT2D eigenvalue weighted by molar-refractivity contribution is 8.00. The SMILES string of the molecule is CCNC(CCCC(C)C)(SC)C(=O)C(C)C. The van der Waals surface area contributed by atoms with E-state index < -0.39 is 0 Å². The molecule has 0 aliphatic rings. The van der Waals surface area contributed by atoms with Gasteiger partial charge in [0.1, 0.15) is 4.87 Å². The molecule has 1 unspecified atom stereocenters. The molecule has 0 bridgehead atoms. The molecule has 0 aromatic heterocycles. The van der Waals surface area contributed by atoms with Gasteiger partial charge < -0.3 is 0 Å². The maximum atomic E-state index is 12.4. The molecule has 0 aliphatic carbocycles. The number of Topliss-reactive ketones (excluding diaryl/α,β-unsaturated/α-hetero) is 1. The van der Waals surface area contributed by atoms with E-state index >= 15 is 0 Å². The summed E-state index contributed by atoms with van der Waals surface area (Å²) in [5.41, 5.74) is 0. The van der Waals surface area contributed by atoms with Crippen molar-refractivity contribution in [1.82, 2.24) is 5.32 Å². The minimum atomic E-state index is -0.363. The fourth-order valence-electron chi connectivity index (χ4n) is 2.08. The Labute approximate surface area is 111 Å². The van der Waals surface area contributed by atoms with Crippen molar-refractivity contribution in [2.24, 2.45) is 11.8 Å². The molecular formula is C14H29NOS. The third-order valence-corrected chi connectivity index (χ3v) is 4.29. The van der Waals surface area contributed by atoms with Crippen LogP contribution in [0.25, 0.3) is 0 Å². The molecule has 1 atom stereocenters. The smallest absolute Gasteiger partial charge is 0.165 e. The van der Waals surface area contributed by atoms with Gasteiger partial charge in [-0.05, 0) is 25.1 Å². The van der Waals surface area contributed by atoms with Crippen molar-refractivity contribution in [1.29, 1.82) is 0 Å². The van der Waals surface area contributed by atoms with Crippen molar-refractivity contribution < 1.29 is 4.79 Å². The van der Waals surface area contributed by atoms with Crippen LogP contribution < -0.4 is 5.32 Å². The van der Waals surface area contributed by atoms with Crippen LogP contribution in [0.2, 0.25) is 0 Å². The largest absolute Gasteiger partial charge is 0.297 e. The number of hydrogen-bond donors (Lipinski definition) is 1. The zero-order chi connectivity index (χ0) is 13.5. The Hall–Kier alpha value is -0.0200. The van der Waals surface area contributed by atoms with Crippen LogP contribution in [0.15, 0.2) is 0 Å². The molecule has 0 heterocycles. The van der Waals surface area contributed by atoms with Gasteiger partial charge in [-0.25, -0.2) is 0 Å². The van der Waals surface area contributed by atoms with Crippen LogP contribution in [-0.2, 0) is 4.79 Å². The van der Waals surface area contributed by atoms with Crippen LogP contribution >= 0.6 is 11.8 Å². The lowest BCUT2D eigenvalue weighted by Crippen LogP contribution is -2.50. The normalized spacial score (nSPS) is 15.3. The minimum absolute atomic E-state index is 0.0977. The second-order valence-corrected chi connectivity index (χ2v) is 6.47. The zero-order valence-corrected chi connectivity index (χ0v) is 13.1. The number of nitrogens with one attached hydrogen (secondary N) is 1. The van der Waals surface area contributed by atoms with Crippen LogP contribution in [0.5, 0.6) is 0 Å². The standard InChI is InChI=1S/C14H29NOS/c1-7-15-14(17-6,13(16)12(4)5)10-8-9-11(2)3/h11-12,15H,7-10H2,1-6H3. The lowest BCUT2D eigenvalue weighted by molar-refractivity contribution is -0.125. The Kier molecular flexibility index (Phi) is 8.14. The topological polar surface area (TPSA) is 29.1 Å². The third kappa shape index (κ3) is 5.43. The number of carbonyl (C=O) groups excluding carboxylic acids is 1. The Morgan fingerprint density at radius 3 is 2.24 bits per heavy atom. The second kappa shape index (κ2) is 8.15. The van der Waals surface area contributed by atoms with E-state index in [1.807, 2.05) is 20.1 Å². The van der Waals surface area contributed by atoms with E-state index in [9.17, 15) is 4.79 Å². The second-order valence-electron chi connectivity index (χ2n) is 5.37. The molecule has 0 spiro atoms. The first-order valence-corrected chi connectivity index (χ1v) is 7.96. The minimum Gasteiger partial charge on any atom is -0.297 e. The molecule has 0 aromatic carbocycles. The molecule has 0 aliphatic heterocycles. The highest BCUT2D eigenvalue weighted by Crippen LogP contribution is 2.30. The fraction of sp³-hybridized carbons (Fsp3) is 0.929. The number of hydrogen-bond acceptors (Lipinski definition) is 3. The summed E-state index contributed by atoms with van der Waals surface area (Å²) in [5.74, 6) is 1.15. The van der Waals surface area contributed by atoms with E-state index in [4.69, 9.17) is 0 Å². The van der Waals surface area contributed by atoms with Crippen molar-refractivity contribution in [3.63, 3.8) is 0 Å². The number of ketones is 1. The van der Waals surface area contributed by atoms with Gasteiger partial charge in [0.2, 0.25) is 0 Å². The van der Waals surface area contributed by atoms with Crippen LogP contribution in [0.1, 0.15) is 53.9 Å². The number of likely N-dealkylation sites (N-methyl/N-ethyl adjacent to an activating group) is 1. The summed E-state index contributed by atoms with van der Waals surface area (Å²) in [5, 5.41) is 3.41. The van der Waals surface area contributed by atoms with E-state index in [0.717, 1.165) is 19.4 Å². The maximum Gasteiger partial charge on any atom is 0.165 e. The quantitative estimate of drug-likeness (QED) is 0.640. The molecular weight excluding hydrogens is 230 g/mol. The monoisotopic (exact) mass is 259 g/mol. The summed E-state index contributed by atoms with van der Waals surface area (Å²) >= 11 is 1.67. The molecule has 0 fully saturated rings. The highest BCUT2D eigenvalue weighted by Gasteiger charge is 2.37. The number of thioether (sulfide) groups is 1. The van der Waals surface area contributed by atoms with Gasteiger partial charge in [0, 0.05) is 5.92 Å². The molecule has 0 aromatic rings. The molecule has 3 heteroatoms. The predicted octanol–water partition coefficient (Wildman–Crippen LogP) is 3.71. The maximum absolute atomic E-state index is 12.4. The summed E-state index contributed by atoms with van der Waals surface area (Å²) in [4.78, 5) is 12.0. The van der Waals surface area contributed by atoms with Gasteiger partial charge in [0.05, 0.1) is 0 Å². The first-order valence-electron chi connectivity index (χ1n) is 6.74. The van der Waals surface area contributed by atoms with Crippen molar-refractivity contribution in [3.05, 3.63) is 0 Å². The Bertz CT molecular complexity index is 228. The Balaban J connectivity index is 4.64. The average molecular weight is 259 g/mol. The van der Waals surface area contributed by atoms with Gasteiger partial charge in [-0.1, -0.05) is 47.5 Å². The Morgan fingerprint density at radius 1 is 1.29 bits per heavy atom. The molecule has 1 N–H and O–H groups in total. The van der Waals surface area contributed by atoms with E-state index in [-0.39, 0.29) is 10.8 Å². The van der Waals surface area contributed by atoms with E-state index in [1.165, 1.54) is 6.42 Å². The first kappa shape index (κ1) is 17.0. The van der Waals surface area contributed by atoms with Gasteiger partial charge in [-0.15, -0.1) is 11.8 Å². The van der Waals surface area contributed by atoms with Gasteiger partial charge in [0.25, 0.3) is 0 Å². The first-order chi connectivity index (χ1) is 7.89. The molecule has 0 amide bonds. The van der Waals surface area contributed by atoms with Crippen LogP contribution in [0, 0.1) is 11.8 Å². The highest BCUT2D eigenvalue weighted by atomic mass is 32.2. The van der Waals surface area contributed by atoms with Crippen LogP contribution in [-0.4, -0.2) is 23.5 Å². The number of carbonyl (C=O) groups is 1. The summed E-state index contributed by atoms with van der Waals surface area (Å²) < 4.78 is 0. The van der Waals surface area contributed by atoms with Crippen molar-refractivity contribution in [2.45, 2.75) is 58.8 Å². The van der Waals surface area contributed by atoms with Crippen molar-refractivity contribution >= 4 is 17.5 Å². The predicted molar refractivity (Wildman–Crippen MR) is 78.5 cm³/mol. The summed E-state index contributed by atoms with van der Waals surface area (Å²) in [6.07, 6.45) is 5.29. The van der Waals surface area contributed by atoms with Crippen LogP contribution in [0.3, 0.4) is 0 Å². The van der Waals surface area contributed by atoms with Gasteiger partial charge in [-0.2, -0.15) is 0 Å². The Morgan fingerprint density at radius 2 is 1.88 bits per heavy atom. The summed E-state index contributed by atoms with van der Waals surface area (Å²) in [7, 11) is 0. The van der Waals surface area contributed by atoms with E-state index in [0.29, 0.717) is 11.7 Å². The van der Waals surface area contributed by atoms with Crippen LogP contribution in [0.4, 0.5) is 0 Å². The molecule has 17 heavy (non-hydrogen) atoms. The molecule has 0 saturated heterocycles. The molecule has 102 valence electrons. The lowest BCUT2D eigenvalue weighted by atomic mass is 9.94. The number of rotatable bonds is 9. The van der Waals surface area contributed by atoms with Crippen molar-refractivity contribution in [3.8, 4) is 0 Å². The third-order valence-electron chi connectivity index (χ3n) is 3.04. The lowest BCUT2D eigenvalue weighted by Gasteiger charge is -2.33. The molecule has 0 radical (unpaired) electrons. The van der Waals surface area contributed by atoms with Gasteiger partial charge in [-0.3, -0.25) is 10.1 Å². The zero-order valence-electron chi connectivity index (χ0n) is 12.3. The van der Waals surface area contributed by atoms with Gasteiger partial charge >= 0.3 is 0 Å². The molecule has 0 saturated carbocycles. The fourth-order valence-corrected chi connectivity index (χ4v) is 3.16. The van der Waals surface area contributed by atoms with Crippen molar-refractivity contribution in [2.75, 3.05) is 12.8 Å². The van der Waals surface area contributed by atoms with Gasteiger partial charge in [0.15, 0.2) is 5.78 Å². The van der Waals surface area contributed by atoms with E-state index in [2.05, 4.69) is 26.1 Å². The molecule has 0 rings (SSSR count). The summed E-state index contributed by atoms with van der Waals surface area (Å²) in [6.45, 7) is 11.4. The van der Waals surface area contributed by atoms with E-state index in [1.54, 1.807) is 11.8 Å². The average Bonchev–Trinajstić information content (AvgIpc) is 2.26. The molecule has 2 nitrogen and oxygen atoms in total. The summed E-state index contributed by atoms with van der Waals surface area (Å²) in [6, 6.07) is 0.